The Kier molecular flexibility index (Phi) is 5.02. The monoisotopic (exact) mass is 433 g/mol. The van der Waals surface area contributed by atoms with E-state index in [1.54, 1.807) is 42.5 Å². The number of benzene rings is 2. The Bertz CT molecular complexity index is 1050. The zero-order valence-corrected chi connectivity index (χ0v) is 16.6. The molecule has 28 heavy (non-hydrogen) atoms. The van der Waals surface area contributed by atoms with Gasteiger partial charge in [-0.1, -0.05) is 40.9 Å². The van der Waals surface area contributed by atoms with Gasteiger partial charge in [0.05, 0.1) is 5.92 Å². The molecule has 0 radical (unpaired) electrons. The minimum Gasteiger partial charge on any atom is -0.383 e. The molecule has 1 unspecified atom stereocenters. The second-order valence-corrected chi connectivity index (χ2v) is 7.52. The third kappa shape index (κ3) is 3.58. The molecule has 0 aliphatic carbocycles. The lowest BCUT2D eigenvalue weighted by molar-refractivity contribution is -0.117. The summed E-state index contributed by atoms with van der Waals surface area (Å²) >= 11 is 18.4. The molecule has 9 heteroatoms. The number of nitrogens with zero attached hydrogens (tertiary/aromatic N) is 2. The number of anilines is 4. The highest BCUT2D eigenvalue weighted by atomic mass is 35.5. The van der Waals surface area contributed by atoms with Crippen LogP contribution in [0, 0.1) is 0 Å². The maximum absolute atomic E-state index is 12.7. The molecule has 142 valence electrons. The maximum atomic E-state index is 12.7. The molecule has 0 saturated heterocycles. The van der Waals surface area contributed by atoms with E-state index < -0.39 is 5.92 Å². The minimum atomic E-state index is -0.574. The smallest absolute Gasteiger partial charge is 0.233 e. The van der Waals surface area contributed by atoms with Crippen molar-refractivity contribution in [2.45, 2.75) is 12.3 Å². The Morgan fingerprint density at radius 2 is 1.71 bits per heavy atom. The van der Waals surface area contributed by atoms with Gasteiger partial charge in [0.1, 0.15) is 11.6 Å². The van der Waals surface area contributed by atoms with E-state index in [4.69, 9.17) is 40.5 Å². The maximum Gasteiger partial charge on any atom is 0.233 e. The van der Waals surface area contributed by atoms with Crippen LogP contribution in [-0.4, -0.2) is 15.9 Å². The Hall–Kier alpha value is -2.54. The molecule has 0 saturated carbocycles. The summed E-state index contributed by atoms with van der Waals surface area (Å²) in [6, 6.07) is 12.2. The summed E-state index contributed by atoms with van der Waals surface area (Å²) in [6.45, 7) is 0. The van der Waals surface area contributed by atoms with E-state index in [9.17, 15) is 4.79 Å². The zero-order chi connectivity index (χ0) is 19.8. The topological polar surface area (TPSA) is 92.9 Å². The minimum absolute atomic E-state index is 0.252. The second kappa shape index (κ2) is 7.47. The van der Waals surface area contributed by atoms with Gasteiger partial charge in [-0.25, -0.2) is 0 Å². The first-order chi connectivity index (χ1) is 13.4. The average Bonchev–Trinajstić information content (AvgIpc) is 2.64. The molecule has 2 aromatic carbocycles. The first-order valence-electron chi connectivity index (χ1n) is 8.36. The van der Waals surface area contributed by atoms with Gasteiger partial charge in [-0.3, -0.25) is 4.79 Å². The molecule has 4 N–H and O–H groups in total. The summed E-state index contributed by atoms with van der Waals surface area (Å²) in [5, 5.41) is 7.31. The number of hydrogen-bond donors (Lipinski definition) is 3. The van der Waals surface area contributed by atoms with Gasteiger partial charge in [0, 0.05) is 31.9 Å². The molecule has 1 atom stereocenters. The molecule has 1 aliphatic rings. The van der Waals surface area contributed by atoms with E-state index in [0.29, 0.717) is 38.4 Å². The van der Waals surface area contributed by atoms with Crippen LogP contribution in [0.15, 0.2) is 42.5 Å². The van der Waals surface area contributed by atoms with E-state index >= 15 is 0 Å². The Morgan fingerprint density at radius 1 is 1.04 bits per heavy atom. The van der Waals surface area contributed by atoms with Crippen molar-refractivity contribution < 1.29 is 4.79 Å². The van der Waals surface area contributed by atoms with Gasteiger partial charge in [0.15, 0.2) is 0 Å². The highest BCUT2D eigenvalue weighted by Gasteiger charge is 2.33. The third-order valence-corrected chi connectivity index (χ3v) is 5.37. The first kappa shape index (κ1) is 18.8. The van der Waals surface area contributed by atoms with Crippen molar-refractivity contribution in [3.63, 3.8) is 0 Å². The SMILES string of the molecule is Nc1nc(Nc2ccc(Cl)cc2)nc2c1CC(c1c(Cl)cccc1Cl)C(=O)N2. The second-order valence-electron chi connectivity index (χ2n) is 6.27. The van der Waals surface area contributed by atoms with Crippen LogP contribution in [0.3, 0.4) is 0 Å². The lowest BCUT2D eigenvalue weighted by atomic mass is 9.88. The number of aromatic nitrogens is 2. The van der Waals surface area contributed by atoms with E-state index in [1.165, 1.54) is 0 Å². The summed E-state index contributed by atoms with van der Waals surface area (Å²) in [4.78, 5) is 21.4. The number of carbonyl (C=O) groups excluding carboxylic acids is 1. The van der Waals surface area contributed by atoms with Gasteiger partial charge in [0.2, 0.25) is 11.9 Å². The molecule has 1 aromatic heterocycles. The number of nitrogens with two attached hydrogens (primary N) is 1. The predicted octanol–water partition coefficient (Wildman–Crippen LogP) is 5.04. The Balaban J connectivity index is 1.66. The predicted molar refractivity (Wildman–Crippen MR) is 113 cm³/mol. The van der Waals surface area contributed by atoms with Crippen LogP contribution in [0.2, 0.25) is 15.1 Å². The number of nitrogen functional groups attached to an aromatic ring is 1. The van der Waals surface area contributed by atoms with Gasteiger partial charge in [-0.15, -0.1) is 0 Å². The van der Waals surface area contributed by atoms with Gasteiger partial charge < -0.3 is 16.4 Å². The molecule has 1 aliphatic heterocycles. The van der Waals surface area contributed by atoms with Crippen molar-refractivity contribution in [3.8, 4) is 0 Å². The van der Waals surface area contributed by atoms with Crippen molar-refractivity contribution in [3.05, 3.63) is 68.7 Å². The normalized spacial score (nSPS) is 15.7. The number of halogens is 3. The molecule has 0 bridgehead atoms. The van der Waals surface area contributed by atoms with E-state index in [0.717, 1.165) is 5.69 Å². The number of hydrogen-bond acceptors (Lipinski definition) is 5. The number of nitrogens with one attached hydrogen (secondary N) is 2. The van der Waals surface area contributed by atoms with E-state index in [2.05, 4.69) is 20.6 Å². The summed E-state index contributed by atoms with van der Waals surface area (Å²) in [7, 11) is 0. The van der Waals surface area contributed by atoms with Crippen LogP contribution in [0.4, 0.5) is 23.3 Å². The molecule has 2 heterocycles. The fraction of sp³-hybridized carbons (Fsp3) is 0.105. The summed E-state index contributed by atoms with van der Waals surface area (Å²) < 4.78 is 0. The molecule has 3 aromatic rings. The molecule has 0 fully saturated rings. The molecule has 6 nitrogen and oxygen atoms in total. The van der Waals surface area contributed by atoms with Gasteiger partial charge in [-0.05, 0) is 42.8 Å². The first-order valence-corrected chi connectivity index (χ1v) is 9.49. The number of rotatable bonds is 3. The number of carbonyl (C=O) groups is 1. The van der Waals surface area contributed by atoms with Crippen LogP contribution >= 0.6 is 34.8 Å². The van der Waals surface area contributed by atoms with Crippen LogP contribution in [0.25, 0.3) is 0 Å². The third-order valence-electron chi connectivity index (χ3n) is 4.45. The Labute approximate surface area is 176 Å². The standard InChI is InChI=1S/C19H14Cl3N5O/c20-9-4-6-10(7-5-9)24-19-25-16(23)12-8-11(18(28)26-17(12)27-19)15-13(21)2-1-3-14(15)22/h1-7,11H,8H2,(H4,23,24,25,26,27,28). The van der Waals surface area contributed by atoms with Crippen molar-refractivity contribution >= 4 is 64.0 Å². The fourth-order valence-electron chi connectivity index (χ4n) is 3.10. The van der Waals surface area contributed by atoms with E-state index in [-0.39, 0.29) is 17.7 Å². The average molecular weight is 435 g/mol. The van der Waals surface area contributed by atoms with Crippen LogP contribution < -0.4 is 16.4 Å². The summed E-state index contributed by atoms with van der Waals surface area (Å²) in [5.41, 5.74) is 8.10. The number of amides is 1. The van der Waals surface area contributed by atoms with Gasteiger partial charge in [-0.2, -0.15) is 9.97 Å². The zero-order valence-electron chi connectivity index (χ0n) is 14.3. The lowest BCUT2D eigenvalue weighted by Gasteiger charge is -2.26. The highest BCUT2D eigenvalue weighted by Crippen LogP contribution is 2.39. The quantitative estimate of drug-likeness (QED) is 0.537. The van der Waals surface area contributed by atoms with Gasteiger partial charge in [0.25, 0.3) is 0 Å². The molecular weight excluding hydrogens is 421 g/mol. The highest BCUT2D eigenvalue weighted by molar-refractivity contribution is 6.36. The molecule has 0 spiro atoms. The van der Waals surface area contributed by atoms with Crippen molar-refractivity contribution in [1.82, 2.24) is 9.97 Å². The largest absolute Gasteiger partial charge is 0.383 e. The molecular formula is C19H14Cl3N5O. The lowest BCUT2D eigenvalue weighted by Crippen LogP contribution is -2.30. The van der Waals surface area contributed by atoms with E-state index in [1.807, 2.05) is 0 Å². The van der Waals surface area contributed by atoms with Crippen molar-refractivity contribution in [2.24, 2.45) is 0 Å². The van der Waals surface area contributed by atoms with Gasteiger partial charge >= 0.3 is 0 Å². The van der Waals surface area contributed by atoms with Crippen LogP contribution in [-0.2, 0) is 11.2 Å². The van der Waals surface area contributed by atoms with Crippen molar-refractivity contribution in [1.29, 1.82) is 0 Å². The molecule has 4 rings (SSSR count). The Morgan fingerprint density at radius 3 is 2.39 bits per heavy atom. The number of fused-ring (bicyclic) bond motifs is 1. The van der Waals surface area contributed by atoms with Crippen molar-refractivity contribution in [2.75, 3.05) is 16.4 Å². The fourth-order valence-corrected chi connectivity index (χ4v) is 3.89. The molecule has 1 amide bonds. The van der Waals surface area contributed by atoms with Crippen LogP contribution in [0.5, 0.6) is 0 Å². The summed E-state index contributed by atoms with van der Waals surface area (Å²) in [5.74, 6) is 0.0869. The summed E-state index contributed by atoms with van der Waals surface area (Å²) in [6.07, 6.45) is 0.303. The van der Waals surface area contributed by atoms with Crippen LogP contribution in [0.1, 0.15) is 17.0 Å².